The predicted molar refractivity (Wildman–Crippen MR) is 109 cm³/mol. The molecule has 6 nitrogen and oxygen atoms in total. The Labute approximate surface area is 164 Å². The number of hydrogen-bond acceptors (Lipinski definition) is 5. The summed E-state index contributed by atoms with van der Waals surface area (Å²) in [7, 11) is 0. The first-order chi connectivity index (χ1) is 13.0. The Hall–Kier alpha value is -1.96. The molecule has 1 atom stereocenters. The van der Waals surface area contributed by atoms with Crippen LogP contribution in [0.3, 0.4) is 0 Å². The number of nitrogens with zero attached hydrogens (tertiary/aromatic N) is 3. The quantitative estimate of drug-likeness (QED) is 0.648. The van der Waals surface area contributed by atoms with E-state index in [4.69, 9.17) is 0 Å². The van der Waals surface area contributed by atoms with Crippen molar-refractivity contribution in [1.29, 1.82) is 0 Å². The van der Waals surface area contributed by atoms with Crippen LogP contribution in [0.15, 0.2) is 36.9 Å². The fourth-order valence-electron chi connectivity index (χ4n) is 3.62. The highest BCUT2D eigenvalue weighted by Gasteiger charge is 2.32. The number of carbonyl (C=O) groups is 1. The highest BCUT2D eigenvalue weighted by atomic mass is 32.1. The molecule has 2 aromatic rings. The summed E-state index contributed by atoms with van der Waals surface area (Å²) in [6, 6.07) is -0.201. The first-order valence-electron chi connectivity index (χ1n) is 9.41. The number of aromatic nitrogens is 2. The molecule has 146 valence electrons. The summed E-state index contributed by atoms with van der Waals surface area (Å²) in [4.78, 5) is 20.2. The molecule has 3 rings (SSSR count). The average molecular weight is 389 g/mol. The molecule has 2 aromatic heterocycles. The number of rotatable bonds is 9. The third kappa shape index (κ3) is 4.00. The van der Waals surface area contributed by atoms with Gasteiger partial charge in [-0.15, -0.1) is 24.5 Å². The zero-order valence-electron chi connectivity index (χ0n) is 15.9. The van der Waals surface area contributed by atoms with Gasteiger partial charge in [0.15, 0.2) is 10.7 Å². The third-order valence-corrected chi connectivity index (χ3v) is 6.09. The van der Waals surface area contributed by atoms with Crippen molar-refractivity contribution in [3.05, 3.63) is 48.3 Å². The fourth-order valence-corrected chi connectivity index (χ4v) is 4.35. The molecule has 1 fully saturated rings. The molecule has 1 amide bonds. The van der Waals surface area contributed by atoms with Crippen LogP contribution < -0.4 is 5.32 Å². The zero-order chi connectivity index (χ0) is 19.4. The molecule has 0 saturated carbocycles. The molecule has 0 aliphatic carbocycles. The number of likely N-dealkylation sites (tertiary alicyclic amines) is 1. The van der Waals surface area contributed by atoms with Crippen LogP contribution in [0, 0.1) is 0 Å². The number of imidazole rings is 1. The number of thiazole rings is 1. The molecule has 2 N–H and O–H groups in total. The van der Waals surface area contributed by atoms with E-state index in [-0.39, 0.29) is 11.9 Å². The third-order valence-electron chi connectivity index (χ3n) is 5.33. The maximum atomic E-state index is 12.9. The van der Waals surface area contributed by atoms with Gasteiger partial charge in [0, 0.05) is 37.3 Å². The van der Waals surface area contributed by atoms with Crippen molar-refractivity contribution in [2.45, 2.75) is 50.8 Å². The second kappa shape index (κ2) is 8.37. The van der Waals surface area contributed by atoms with Crippen molar-refractivity contribution >= 4 is 22.2 Å². The van der Waals surface area contributed by atoms with E-state index in [2.05, 4.69) is 23.5 Å². The Bertz CT molecular complexity index is 809. The van der Waals surface area contributed by atoms with Gasteiger partial charge in [-0.3, -0.25) is 9.20 Å². The van der Waals surface area contributed by atoms with Gasteiger partial charge >= 0.3 is 0 Å². The second-order valence-corrected chi connectivity index (χ2v) is 8.03. The zero-order valence-corrected chi connectivity index (χ0v) is 16.7. The minimum Gasteiger partial charge on any atom is -0.388 e. The largest absolute Gasteiger partial charge is 0.388 e. The van der Waals surface area contributed by atoms with E-state index in [1.54, 1.807) is 12.2 Å². The number of aliphatic hydroxyl groups is 1. The highest BCUT2D eigenvalue weighted by molar-refractivity contribution is 7.15. The lowest BCUT2D eigenvalue weighted by molar-refractivity contribution is 0.0121. The van der Waals surface area contributed by atoms with E-state index in [1.165, 1.54) is 11.3 Å². The monoisotopic (exact) mass is 388 g/mol. The molecule has 0 aromatic carbocycles. The van der Waals surface area contributed by atoms with E-state index in [0.29, 0.717) is 25.1 Å². The van der Waals surface area contributed by atoms with Crippen LogP contribution in [0.25, 0.3) is 4.96 Å². The topological polar surface area (TPSA) is 69.9 Å². The van der Waals surface area contributed by atoms with Gasteiger partial charge < -0.3 is 15.3 Å². The molecule has 3 heterocycles. The molecule has 0 unspecified atom stereocenters. The van der Waals surface area contributed by atoms with Crippen molar-refractivity contribution in [2.24, 2.45) is 0 Å². The number of fused-ring (bicyclic) bond motifs is 1. The summed E-state index contributed by atoms with van der Waals surface area (Å²) < 4.78 is 1.97. The van der Waals surface area contributed by atoms with Gasteiger partial charge in [0.05, 0.1) is 11.3 Å². The predicted octanol–water partition coefficient (Wildman–Crippen LogP) is 2.99. The summed E-state index contributed by atoms with van der Waals surface area (Å²) in [5.74, 6) is 0.000276. The molecule has 0 bridgehead atoms. The Balaban J connectivity index is 1.82. The molecule has 27 heavy (non-hydrogen) atoms. The van der Waals surface area contributed by atoms with Crippen LogP contribution in [0.5, 0.6) is 0 Å². The maximum absolute atomic E-state index is 12.9. The summed E-state index contributed by atoms with van der Waals surface area (Å²) in [5, 5.41) is 16.3. The van der Waals surface area contributed by atoms with Gasteiger partial charge in [-0.05, 0) is 32.6 Å². The van der Waals surface area contributed by atoms with E-state index in [9.17, 15) is 9.90 Å². The fraction of sp³-hybridized carbons (Fsp3) is 0.500. The molecular formula is C20H28N4O2S. The van der Waals surface area contributed by atoms with Gasteiger partial charge in [0.2, 0.25) is 0 Å². The van der Waals surface area contributed by atoms with Crippen molar-refractivity contribution in [2.75, 3.05) is 13.1 Å². The maximum Gasteiger partial charge on any atom is 0.274 e. The van der Waals surface area contributed by atoms with Crippen LogP contribution in [0.1, 0.15) is 48.8 Å². The Morgan fingerprint density at radius 3 is 2.70 bits per heavy atom. The number of hydrogen-bond donors (Lipinski definition) is 2. The van der Waals surface area contributed by atoms with Gasteiger partial charge in [0.1, 0.15) is 0 Å². The lowest BCUT2D eigenvalue weighted by atomic mass is 9.88. The van der Waals surface area contributed by atoms with Crippen LogP contribution in [-0.2, 0) is 6.54 Å². The van der Waals surface area contributed by atoms with Gasteiger partial charge in [0.25, 0.3) is 5.91 Å². The first-order valence-corrected chi connectivity index (χ1v) is 10.3. The lowest BCUT2D eigenvalue weighted by Gasteiger charge is -2.33. The van der Waals surface area contributed by atoms with Crippen LogP contribution in [-0.4, -0.2) is 50.0 Å². The van der Waals surface area contributed by atoms with Gasteiger partial charge in [-0.2, -0.15) is 0 Å². The summed E-state index contributed by atoms with van der Waals surface area (Å²) in [6.45, 7) is 11.5. The molecule has 7 heteroatoms. The minimum atomic E-state index is -0.957. The van der Waals surface area contributed by atoms with Crippen molar-refractivity contribution < 1.29 is 9.90 Å². The van der Waals surface area contributed by atoms with E-state index in [1.807, 2.05) is 27.8 Å². The normalized spacial score (nSPS) is 16.0. The van der Waals surface area contributed by atoms with E-state index < -0.39 is 5.60 Å². The van der Waals surface area contributed by atoms with Crippen LogP contribution >= 0.6 is 11.3 Å². The number of nitrogens with one attached hydrogen (secondary N) is 1. The van der Waals surface area contributed by atoms with E-state index >= 15 is 0 Å². The molecule has 0 radical (unpaired) electrons. The SMILES string of the molecule is C=CCC(O)(CC=C)[C@@H](C)NCc1c(C(=O)N2CCCC2)nc2sccn12. The van der Waals surface area contributed by atoms with Crippen LogP contribution in [0.2, 0.25) is 0 Å². The van der Waals surface area contributed by atoms with Gasteiger partial charge in [-0.25, -0.2) is 4.98 Å². The number of carbonyl (C=O) groups excluding carboxylic acids is 1. The molecule has 0 spiro atoms. The van der Waals surface area contributed by atoms with E-state index in [0.717, 1.165) is 36.6 Å². The molecule has 1 aliphatic rings. The van der Waals surface area contributed by atoms with Crippen molar-refractivity contribution in [3.63, 3.8) is 0 Å². The lowest BCUT2D eigenvalue weighted by Crippen LogP contribution is -2.48. The number of amides is 1. The minimum absolute atomic E-state index is 0.000276. The summed E-state index contributed by atoms with van der Waals surface area (Å²) in [6.07, 6.45) is 8.42. The average Bonchev–Trinajstić information content (AvgIpc) is 3.37. The Morgan fingerprint density at radius 1 is 1.41 bits per heavy atom. The van der Waals surface area contributed by atoms with Crippen molar-refractivity contribution in [3.8, 4) is 0 Å². The van der Waals surface area contributed by atoms with Crippen molar-refractivity contribution in [1.82, 2.24) is 19.6 Å². The molecule has 1 aliphatic heterocycles. The molecule has 1 saturated heterocycles. The molecular weight excluding hydrogens is 360 g/mol. The first kappa shape index (κ1) is 19.8. The second-order valence-electron chi connectivity index (χ2n) is 7.15. The Kier molecular flexibility index (Phi) is 6.14. The summed E-state index contributed by atoms with van der Waals surface area (Å²) >= 11 is 1.52. The summed E-state index contributed by atoms with van der Waals surface area (Å²) in [5.41, 5.74) is 0.398. The Morgan fingerprint density at radius 2 is 2.07 bits per heavy atom. The highest BCUT2D eigenvalue weighted by Crippen LogP contribution is 2.24. The smallest absolute Gasteiger partial charge is 0.274 e. The van der Waals surface area contributed by atoms with Crippen LogP contribution in [0.4, 0.5) is 0 Å². The van der Waals surface area contributed by atoms with Gasteiger partial charge in [-0.1, -0.05) is 12.2 Å². The standard InChI is InChI=1S/C20H28N4O2S/c1-4-8-20(26,9-5-2)15(3)21-14-16-17(18(25)23-10-6-7-11-23)22-19-24(16)12-13-27-19/h4-5,12-13,15,21,26H,1-2,6-11,14H2,3H3/t15-/m1/s1.